The minimum atomic E-state index is -0.609. The lowest BCUT2D eigenvalue weighted by Gasteiger charge is -2.04. The largest absolute Gasteiger partial charge is 0.369 e. The van der Waals surface area contributed by atoms with Crippen LogP contribution in [-0.2, 0) is 11.2 Å². The van der Waals surface area contributed by atoms with Crippen LogP contribution in [0.5, 0.6) is 0 Å². The van der Waals surface area contributed by atoms with E-state index in [4.69, 9.17) is 28.9 Å². The zero-order chi connectivity index (χ0) is 10.0. The molecule has 70 valence electrons. The summed E-state index contributed by atoms with van der Waals surface area (Å²) in [5, 5.41) is 0.0940. The highest BCUT2D eigenvalue weighted by atomic mass is 35.5. The number of carbonyl (C=O) groups excluding carboxylic acids is 1. The molecule has 0 atom stereocenters. The molecule has 0 bridgehead atoms. The van der Waals surface area contributed by atoms with Gasteiger partial charge >= 0.3 is 0 Å². The number of hydrogen-bond donors (Lipinski definition) is 1. The average molecular weight is 222 g/mol. The molecule has 0 aliphatic carbocycles. The summed E-state index contributed by atoms with van der Waals surface area (Å²) in [7, 11) is 0. The van der Waals surface area contributed by atoms with Gasteiger partial charge in [0, 0.05) is 10.6 Å². The third-order valence-electron chi connectivity index (χ3n) is 1.49. The molecule has 1 aromatic carbocycles. The Balaban J connectivity index is 3.17. The van der Waals surface area contributed by atoms with Gasteiger partial charge in [-0.05, 0) is 12.1 Å². The highest BCUT2D eigenvalue weighted by molar-refractivity contribution is 6.36. The Bertz CT molecular complexity index is 354. The predicted molar refractivity (Wildman–Crippen MR) is 49.3 cm³/mol. The molecule has 5 heteroatoms. The van der Waals surface area contributed by atoms with Crippen molar-refractivity contribution in [1.29, 1.82) is 0 Å². The first-order chi connectivity index (χ1) is 6.02. The molecule has 0 fully saturated rings. The van der Waals surface area contributed by atoms with E-state index in [-0.39, 0.29) is 22.0 Å². The summed E-state index contributed by atoms with van der Waals surface area (Å²) in [6, 6.07) is 2.47. The van der Waals surface area contributed by atoms with Gasteiger partial charge in [-0.2, -0.15) is 0 Å². The van der Waals surface area contributed by atoms with Crippen LogP contribution >= 0.6 is 23.2 Å². The van der Waals surface area contributed by atoms with Crippen LogP contribution in [0.15, 0.2) is 12.1 Å². The number of benzene rings is 1. The van der Waals surface area contributed by atoms with Gasteiger partial charge in [0.2, 0.25) is 5.91 Å². The van der Waals surface area contributed by atoms with E-state index in [2.05, 4.69) is 0 Å². The summed E-state index contributed by atoms with van der Waals surface area (Å²) in [6.07, 6.45) is -0.157. The molecule has 0 aliphatic rings. The molecular weight excluding hydrogens is 216 g/mol. The molecule has 13 heavy (non-hydrogen) atoms. The summed E-state index contributed by atoms with van der Waals surface area (Å²) in [6.45, 7) is 0. The van der Waals surface area contributed by atoms with Crippen LogP contribution in [0.4, 0.5) is 4.39 Å². The molecule has 0 aliphatic heterocycles. The lowest BCUT2D eigenvalue weighted by Crippen LogP contribution is -2.14. The molecule has 0 unspecified atom stereocenters. The number of hydrogen-bond acceptors (Lipinski definition) is 1. The number of nitrogens with two attached hydrogens (primary N) is 1. The van der Waals surface area contributed by atoms with Crippen LogP contribution in [0, 0.1) is 5.82 Å². The van der Waals surface area contributed by atoms with Crippen LogP contribution < -0.4 is 5.73 Å². The SMILES string of the molecule is NC(=O)Cc1c(Cl)ccc(F)c1Cl. The van der Waals surface area contributed by atoms with E-state index in [0.717, 1.165) is 6.07 Å². The molecule has 0 saturated heterocycles. The maximum absolute atomic E-state index is 12.9. The molecule has 2 N–H and O–H groups in total. The lowest BCUT2D eigenvalue weighted by atomic mass is 10.1. The fourth-order valence-electron chi connectivity index (χ4n) is 0.905. The van der Waals surface area contributed by atoms with Gasteiger partial charge in [0.1, 0.15) is 5.82 Å². The summed E-state index contributed by atoms with van der Waals surface area (Å²) in [5.41, 5.74) is 5.17. The summed E-state index contributed by atoms with van der Waals surface area (Å²) >= 11 is 11.3. The van der Waals surface area contributed by atoms with Crippen molar-refractivity contribution in [2.24, 2.45) is 5.73 Å². The summed E-state index contributed by atoms with van der Waals surface area (Å²) in [4.78, 5) is 10.6. The van der Waals surface area contributed by atoms with Gasteiger partial charge in [0.25, 0.3) is 0 Å². The monoisotopic (exact) mass is 221 g/mol. The fraction of sp³-hybridized carbons (Fsp3) is 0.125. The van der Waals surface area contributed by atoms with Crippen molar-refractivity contribution in [1.82, 2.24) is 0 Å². The number of carbonyl (C=O) groups is 1. The minimum absolute atomic E-state index is 0.147. The molecule has 0 spiro atoms. The third kappa shape index (κ3) is 2.32. The second-order valence-electron chi connectivity index (χ2n) is 2.46. The Labute approximate surface area is 84.4 Å². The number of rotatable bonds is 2. The van der Waals surface area contributed by atoms with Crippen LogP contribution in [0.1, 0.15) is 5.56 Å². The van der Waals surface area contributed by atoms with E-state index in [1.165, 1.54) is 6.07 Å². The van der Waals surface area contributed by atoms with Crippen molar-refractivity contribution in [3.05, 3.63) is 33.6 Å². The minimum Gasteiger partial charge on any atom is -0.369 e. The predicted octanol–water partition coefficient (Wildman–Crippen LogP) is 2.16. The van der Waals surface area contributed by atoms with Crippen molar-refractivity contribution in [3.63, 3.8) is 0 Å². The molecule has 2 nitrogen and oxygen atoms in total. The summed E-state index contributed by atoms with van der Waals surface area (Å²) < 4.78 is 12.9. The van der Waals surface area contributed by atoms with E-state index in [9.17, 15) is 9.18 Å². The first kappa shape index (κ1) is 10.3. The zero-order valence-corrected chi connectivity index (χ0v) is 7.99. The zero-order valence-electron chi connectivity index (χ0n) is 6.48. The Morgan fingerprint density at radius 1 is 1.46 bits per heavy atom. The molecule has 0 radical (unpaired) electrons. The maximum Gasteiger partial charge on any atom is 0.221 e. The summed E-state index contributed by atoms with van der Waals surface area (Å²) in [5.74, 6) is -1.21. The Morgan fingerprint density at radius 3 is 2.62 bits per heavy atom. The first-order valence-electron chi connectivity index (χ1n) is 3.43. The number of primary amides is 1. The number of amides is 1. The Kier molecular flexibility index (Phi) is 3.12. The Hall–Kier alpha value is -0.800. The molecule has 1 rings (SSSR count). The second kappa shape index (κ2) is 3.94. The van der Waals surface area contributed by atoms with Crippen molar-refractivity contribution in [2.45, 2.75) is 6.42 Å². The van der Waals surface area contributed by atoms with Gasteiger partial charge in [-0.1, -0.05) is 23.2 Å². The maximum atomic E-state index is 12.9. The van der Waals surface area contributed by atoms with Crippen molar-refractivity contribution >= 4 is 29.1 Å². The topological polar surface area (TPSA) is 43.1 Å². The van der Waals surface area contributed by atoms with Gasteiger partial charge < -0.3 is 5.73 Å². The van der Waals surface area contributed by atoms with Gasteiger partial charge in [0.05, 0.1) is 11.4 Å². The van der Waals surface area contributed by atoms with E-state index in [1.807, 2.05) is 0 Å². The van der Waals surface area contributed by atoms with Gasteiger partial charge in [-0.25, -0.2) is 4.39 Å². The molecule has 0 aromatic heterocycles. The van der Waals surface area contributed by atoms with Crippen LogP contribution in [0.3, 0.4) is 0 Å². The van der Waals surface area contributed by atoms with Crippen molar-refractivity contribution in [2.75, 3.05) is 0 Å². The van der Waals surface area contributed by atoms with Crippen LogP contribution in [0.2, 0.25) is 10.0 Å². The Morgan fingerprint density at radius 2 is 2.08 bits per heavy atom. The lowest BCUT2D eigenvalue weighted by molar-refractivity contribution is -0.117. The first-order valence-corrected chi connectivity index (χ1v) is 4.18. The second-order valence-corrected chi connectivity index (χ2v) is 3.25. The molecular formula is C8H6Cl2FNO. The van der Waals surface area contributed by atoms with E-state index >= 15 is 0 Å². The smallest absolute Gasteiger partial charge is 0.221 e. The highest BCUT2D eigenvalue weighted by Crippen LogP contribution is 2.27. The van der Waals surface area contributed by atoms with Gasteiger partial charge in [-0.15, -0.1) is 0 Å². The van der Waals surface area contributed by atoms with Crippen molar-refractivity contribution < 1.29 is 9.18 Å². The standard InChI is InChI=1S/C8H6Cl2FNO/c9-5-1-2-6(11)8(10)4(5)3-7(12)13/h1-2H,3H2,(H2,12,13). The van der Waals surface area contributed by atoms with Crippen LogP contribution in [-0.4, -0.2) is 5.91 Å². The van der Waals surface area contributed by atoms with E-state index < -0.39 is 11.7 Å². The molecule has 0 saturated carbocycles. The fourth-order valence-corrected chi connectivity index (χ4v) is 1.41. The van der Waals surface area contributed by atoms with Crippen LogP contribution in [0.25, 0.3) is 0 Å². The normalized spacial score (nSPS) is 10.1. The molecule has 1 amide bonds. The van der Waals surface area contributed by atoms with Crippen molar-refractivity contribution in [3.8, 4) is 0 Å². The van der Waals surface area contributed by atoms with E-state index in [0.29, 0.717) is 0 Å². The van der Waals surface area contributed by atoms with Gasteiger partial charge in [0.15, 0.2) is 0 Å². The average Bonchev–Trinajstić information content (AvgIpc) is 2.05. The third-order valence-corrected chi connectivity index (χ3v) is 2.25. The van der Waals surface area contributed by atoms with Gasteiger partial charge in [-0.3, -0.25) is 4.79 Å². The highest BCUT2D eigenvalue weighted by Gasteiger charge is 2.12. The quantitative estimate of drug-likeness (QED) is 0.765. The van der Waals surface area contributed by atoms with E-state index in [1.54, 1.807) is 0 Å². The number of halogens is 3. The molecule has 1 aromatic rings. The molecule has 0 heterocycles.